The molecular formula is C23H29FN4O2. The number of piperidine rings is 1. The summed E-state index contributed by atoms with van der Waals surface area (Å²) in [5, 5.41) is 3.26. The van der Waals surface area contributed by atoms with Crippen molar-refractivity contribution in [3.8, 4) is 0 Å². The molecule has 0 bridgehead atoms. The van der Waals surface area contributed by atoms with E-state index in [0.717, 1.165) is 43.7 Å². The molecule has 0 radical (unpaired) electrons. The molecule has 1 aromatic heterocycles. The number of ether oxygens (including phenoxy) is 1. The van der Waals surface area contributed by atoms with E-state index in [0.29, 0.717) is 26.3 Å². The summed E-state index contributed by atoms with van der Waals surface area (Å²) in [6, 6.07) is 12.0. The third-order valence-corrected chi connectivity index (χ3v) is 5.89. The van der Waals surface area contributed by atoms with E-state index in [1.165, 1.54) is 12.1 Å². The second-order valence-electron chi connectivity index (χ2n) is 7.98. The number of aromatic nitrogens is 1. The normalized spacial score (nSPS) is 20.0. The highest BCUT2D eigenvalue weighted by Gasteiger charge is 2.31. The molecule has 7 heteroatoms. The smallest absolute Gasteiger partial charge is 0.242 e. The average Bonchev–Trinajstić information content (AvgIpc) is 2.78. The minimum absolute atomic E-state index is 0.00770. The summed E-state index contributed by atoms with van der Waals surface area (Å²) < 4.78 is 18.9. The number of benzene rings is 1. The van der Waals surface area contributed by atoms with E-state index < -0.39 is 6.04 Å². The molecule has 30 heavy (non-hydrogen) atoms. The van der Waals surface area contributed by atoms with Gasteiger partial charge in [-0.15, -0.1) is 0 Å². The van der Waals surface area contributed by atoms with Crippen molar-refractivity contribution in [2.45, 2.75) is 31.5 Å². The maximum Gasteiger partial charge on any atom is 0.242 e. The van der Waals surface area contributed by atoms with Crippen LogP contribution >= 0.6 is 0 Å². The second kappa shape index (κ2) is 10.1. The Morgan fingerprint density at radius 3 is 2.50 bits per heavy atom. The van der Waals surface area contributed by atoms with Crippen LogP contribution in [0.15, 0.2) is 48.7 Å². The number of halogens is 1. The van der Waals surface area contributed by atoms with Crippen LogP contribution in [0.25, 0.3) is 0 Å². The van der Waals surface area contributed by atoms with E-state index in [1.807, 2.05) is 24.4 Å². The van der Waals surface area contributed by atoms with Crippen LogP contribution in [-0.4, -0.2) is 66.1 Å². The number of pyridine rings is 1. The van der Waals surface area contributed by atoms with Gasteiger partial charge in [-0.2, -0.15) is 0 Å². The van der Waals surface area contributed by atoms with E-state index in [1.54, 1.807) is 12.1 Å². The maximum atomic E-state index is 13.4. The Kier molecular flexibility index (Phi) is 7.04. The number of likely N-dealkylation sites (tertiary alicyclic amines) is 1. The van der Waals surface area contributed by atoms with Gasteiger partial charge in [-0.05, 0) is 42.7 Å². The SMILES string of the molecule is O=C(NC1CCN(Cc2ccccn2)CC1)[C@@H](c1ccc(F)cc1)N1CCOCC1. The Hall–Kier alpha value is -2.35. The van der Waals surface area contributed by atoms with Gasteiger partial charge in [0.2, 0.25) is 5.91 Å². The van der Waals surface area contributed by atoms with Gasteiger partial charge < -0.3 is 10.1 Å². The van der Waals surface area contributed by atoms with Crippen LogP contribution in [0.3, 0.4) is 0 Å². The minimum atomic E-state index is -0.416. The van der Waals surface area contributed by atoms with Crippen molar-refractivity contribution in [2.24, 2.45) is 0 Å². The zero-order chi connectivity index (χ0) is 20.8. The van der Waals surface area contributed by atoms with Crippen molar-refractivity contribution in [1.29, 1.82) is 0 Å². The lowest BCUT2D eigenvalue weighted by Gasteiger charge is -2.36. The number of rotatable bonds is 6. The van der Waals surface area contributed by atoms with E-state index in [-0.39, 0.29) is 17.8 Å². The molecule has 2 fully saturated rings. The fourth-order valence-electron chi connectivity index (χ4n) is 4.25. The van der Waals surface area contributed by atoms with Crippen LogP contribution in [-0.2, 0) is 16.1 Å². The van der Waals surface area contributed by atoms with Crippen LogP contribution in [0.2, 0.25) is 0 Å². The quantitative estimate of drug-likeness (QED) is 0.790. The van der Waals surface area contributed by atoms with Gasteiger partial charge in [0.05, 0.1) is 18.9 Å². The lowest BCUT2D eigenvalue weighted by Crippen LogP contribution is -2.50. The standard InChI is InChI=1S/C23H29FN4O2/c24-19-6-4-18(5-7-19)22(28-13-15-30-16-14-28)23(29)26-20-8-11-27(12-9-20)17-21-3-1-2-10-25-21/h1-7,10,20,22H,8-9,11-17H2,(H,26,29)/t22-/m1/s1. The highest BCUT2D eigenvalue weighted by Crippen LogP contribution is 2.24. The molecule has 1 N–H and O–H groups in total. The molecule has 0 aliphatic carbocycles. The maximum absolute atomic E-state index is 13.4. The molecule has 160 valence electrons. The molecule has 2 aromatic rings. The highest BCUT2D eigenvalue weighted by molar-refractivity contribution is 5.83. The fourth-order valence-corrected chi connectivity index (χ4v) is 4.25. The predicted octanol–water partition coefficient (Wildman–Crippen LogP) is 2.37. The van der Waals surface area contributed by atoms with Crippen LogP contribution < -0.4 is 5.32 Å². The number of morpholine rings is 1. The summed E-state index contributed by atoms with van der Waals surface area (Å²) in [5.74, 6) is -0.299. The lowest BCUT2D eigenvalue weighted by molar-refractivity contribution is -0.129. The Morgan fingerprint density at radius 2 is 1.83 bits per heavy atom. The third kappa shape index (κ3) is 5.41. The third-order valence-electron chi connectivity index (χ3n) is 5.89. The molecule has 0 unspecified atom stereocenters. The van der Waals surface area contributed by atoms with E-state index >= 15 is 0 Å². The van der Waals surface area contributed by atoms with Gasteiger partial charge in [0.25, 0.3) is 0 Å². The summed E-state index contributed by atoms with van der Waals surface area (Å²) in [7, 11) is 0. The van der Waals surface area contributed by atoms with Gasteiger partial charge in [0.15, 0.2) is 0 Å². The van der Waals surface area contributed by atoms with Crippen LogP contribution in [0.5, 0.6) is 0 Å². The van der Waals surface area contributed by atoms with Crippen molar-refractivity contribution >= 4 is 5.91 Å². The first-order chi connectivity index (χ1) is 14.7. The van der Waals surface area contributed by atoms with Crippen molar-refractivity contribution in [2.75, 3.05) is 39.4 Å². The minimum Gasteiger partial charge on any atom is -0.379 e. The molecule has 6 nitrogen and oxygen atoms in total. The molecule has 4 rings (SSSR count). The van der Waals surface area contributed by atoms with Gasteiger partial charge in [-0.25, -0.2) is 4.39 Å². The number of carbonyl (C=O) groups is 1. The van der Waals surface area contributed by atoms with Crippen molar-refractivity contribution in [1.82, 2.24) is 20.1 Å². The first-order valence-corrected chi connectivity index (χ1v) is 10.7. The van der Waals surface area contributed by atoms with Gasteiger partial charge in [-0.1, -0.05) is 18.2 Å². The van der Waals surface area contributed by atoms with Crippen LogP contribution in [0.1, 0.15) is 30.1 Å². The molecule has 2 saturated heterocycles. The van der Waals surface area contributed by atoms with Crippen LogP contribution in [0, 0.1) is 5.82 Å². The van der Waals surface area contributed by atoms with Gasteiger partial charge in [-0.3, -0.25) is 19.6 Å². The number of amides is 1. The molecule has 1 atom stereocenters. The number of hydrogen-bond donors (Lipinski definition) is 1. The summed E-state index contributed by atoms with van der Waals surface area (Å²) >= 11 is 0. The summed E-state index contributed by atoms with van der Waals surface area (Å²) in [4.78, 5) is 22.2. The number of hydrogen-bond acceptors (Lipinski definition) is 5. The van der Waals surface area contributed by atoms with Crippen LogP contribution in [0.4, 0.5) is 4.39 Å². The second-order valence-corrected chi connectivity index (χ2v) is 7.98. The summed E-state index contributed by atoms with van der Waals surface area (Å²) in [6.45, 7) is 5.30. The zero-order valence-corrected chi connectivity index (χ0v) is 17.2. The summed E-state index contributed by atoms with van der Waals surface area (Å²) in [6.07, 6.45) is 3.65. The summed E-state index contributed by atoms with van der Waals surface area (Å²) in [5.41, 5.74) is 1.90. The molecule has 1 amide bonds. The molecule has 2 aliphatic heterocycles. The first-order valence-electron chi connectivity index (χ1n) is 10.7. The van der Waals surface area contributed by atoms with Crippen molar-refractivity contribution < 1.29 is 13.9 Å². The average molecular weight is 413 g/mol. The number of nitrogens with zero attached hydrogens (tertiary/aromatic N) is 3. The van der Waals surface area contributed by atoms with Crippen molar-refractivity contribution in [3.63, 3.8) is 0 Å². The predicted molar refractivity (Wildman–Crippen MR) is 112 cm³/mol. The zero-order valence-electron chi connectivity index (χ0n) is 17.2. The Bertz CT molecular complexity index is 804. The molecule has 3 heterocycles. The van der Waals surface area contributed by atoms with Gasteiger partial charge >= 0.3 is 0 Å². The van der Waals surface area contributed by atoms with E-state index in [9.17, 15) is 9.18 Å². The molecular weight excluding hydrogens is 383 g/mol. The van der Waals surface area contributed by atoms with E-state index in [2.05, 4.69) is 20.1 Å². The topological polar surface area (TPSA) is 57.7 Å². The van der Waals surface area contributed by atoms with Gasteiger partial charge in [0.1, 0.15) is 11.9 Å². The number of carbonyl (C=O) groups excluding carboxylic acids is 1. The highest BCUT2D eigenvalue weighted by atomic mass is 19.1. The Balaban J connectivity index is 1.36. The first kappa shape index (κ1) is 20.9. The Labute approximate surface area is 177 Å². The fraction of sp³-hybridized carbons (Fsp3) is 0.478. The molecule has 0 spiro atoms. The van der Waals surface area contributed by atoms with Crippen molar-refractivity contribution in [3.05, 3.63) is 65.7 Å². The number of nitrogens with one attached hydrogen (secondary N) is 1. The van der Waals surface area contributed by atoms with Gasteiger partial charge in [0, 0.05) is 45.0 Å². The Morgan fingerprint density at radius 1 is 1.10 bits per heavy atom. The van der Waals surface area contributed by atoms with E-state index in [4.69, 9.17) is 4.74 Å². The molecule has 0 saturated carbocycles. The lowest BCUT2D eigenvalue weighted by atomic mass is 10.0. The largest absolute Gasteiger partial charge is 0.379 e. The molecule has 1 aromatic carbocycles. The monoisotopic (exact) mass is 412 g/mol. The molecule has 2 aliphatic rings.